The van der Waals surface area contributed by atoms with Gasteiger partial charge in [0.25, 0.3) is 0 Å². The fourth-order valence-corrected chi connectivity index (χ4v) is 4.04. The molecule has 0 saturated carbocycles. The average molecular weight is 592 g/mol. The predicted octanol–water partition coefficient (Wildman–Crippen LogP) is 0.518. The summed E-state index contributed by atoms with van der Waals surface area (Å²) in [5.74, 6) is 1.11. The van der Waals surface area contributed by atoms with Crippen LogP contribution in [0.15, 0.2) is 42.5 Å². The second-order valence-electron chi connectivity index (χ2n) is 8.69. The van der Waals surface area contributed by atoms with Crippen LogP contribution in [0.4, 0.5) is 16.6 Å². The Balaban J connectivity index is 0.00000294. The van der Waals surface area contributed by atoms with Gasteiger partial charge in [-0.05, 0) is 11.6 Å². The Morgan fingerprint density at radius 1 is 0.927 bits per heavy atom. The molecule has 0 unspecified atom stereocenters. The van der Waals surface area contributed by atoms with Crippen molar-refractivity contribution in [3.05, 3.63) is 48.0 Å². The molecule has 2 aromatic carbocycles. The summed E-state index contributed by atoms with van der Waals surface area (Å²) in [6, 6.07) is 12.7. The number of nitrogens with two attached hydrogens (primary N) is 1. The highest BCUT2D eigenvalue weighted by molar-refractivity contribution is 5.92. The minimum absolute atomic E-state index is 0. The van der Waals surface area contributed by atoms with Crippen LogP contribution in [0.3, 0.4) is 0 Å². The van der Waals surface area contributed by atoms with E-state index in [2.05, 4.69) is 20.6 Å². The van der Waals surface area contributed by atoms with Gasteiger partial charge >= 0.3 is 6.09 Å². The fraction of sp³-hybridized carbons (Fsp3) is 0.346. The number of nitrogen functional groups attached to an aromatic ring is 1. The van der Waals surface area contributed by atoms with E-state index in [1.54, 1.807) is 31.3 Å². The minimum atomic E-state index is -0.717. The second-order valence-corrected chi connectivity index (χ2v) is 8.69. The third-order valence-corrected chi connectivity index (χ3v) is 6.18. The number of aromatic nitrogens is 2. The van der Waals surface area contributed by atoms with E-state index in [-0.39, 0.29) is 43.5 Å². The number of hydrogen-bond acceptors (Lipinski definition) is 10. The smallest absolute Gasteiger partial charge is 0.407 e. The molecule has 1 fully saturated rings. The molecule has 222 valence electrons. The molecule has 41 heavy (non-hydrogen) atoms. The highest BCUT2D eigenvalue weighted by Gasteiger charge is 2.24. The van der Waals surface area contributed by atoms with Crippen molar-refractivity contribution in [3.63, 3.8) is 0 Å². The number of amides is 3. The molecule has 0 bridgehead atoms. The maximum atomic E-state index is 12.6. The molecule has 1 aromatic heterocycles. The summed E-state index contributed by atoms with van der Waals surface area (Å²) in [5, 5.41) is 5.54. The van der Waals surface area contributed by atoms with Crippen LogP contribution in [0.1, 0.15) is 5.56 Å². The van der Waals surface area contributed by atoms with Gasteiger partial charge in [0.15, 0.2) is 11.5 Å². The first-order valence-electron chi connectivity index (χ1n) is 12.3. The number of benzene rings is 2. The molecule has 1 saturated heterocycles. The molecule has 1 aliphatic rings. The highest BCUT2D eigenvalue weighted by Crippen LogP contribution is 2.34. The minimum Gasteiger partial charge on any atom is -0.493 e. The van der Waals surface area contributed by atoms with E-state index >= 15 is 0 Å². The number of alkyl carbamates (subject to hydrolysis) is 1. The second kappa shape index (κ2) is 15.3. The molecule has 4 rings (SSSR count). The Morgan fingerprint density at radius 3 is 2.24 bits per heavy atom. The third kappa shape index (κ3) is 8.46. The Labute approximate surface area is 242 Å². The molecule has 15 heteroatoms. The Kier molecular flexibility index (Phi) is 12.2. The van der Waals surface area contributed by atoms with Gasteiger partial charge in [-0.1, -0.05) is 30.3 Å². The first-order chi connectivity index (χ1) is 18.9. The largest absolute Gasteiger partial charge is 0.493 e. The van der Waals surface area contributed by atoms with E-state index in [1.165, 1.54) is 0 Å². The van der Waals surface area contributed by atoms with Crippen molar-refractivity contribution in [3.8, 4) is 11.5 Å². The maximum absolute atomic E-state index is 12.6. The summed E-state index contributed by atoms with van der Waals surface area (Å²) in [6.45, 7) is 1.45. The van der Waals surface area contributed by atoms with Gasteiger partial charge in [-0.3, -0.25) is 9.59 Å². The first kappa shape index (κ1) is 32.7. The van der Waals surface area contributed by atoms with Gasteiger partial charge in [-0.2, -0.15) is 4.98 Å². The zero-order valence-corrected chi connectivity index (χ0v) is 23.5. The molecule has 14 nitrogen and oxygen atoms in total. The molecule has 0 radical (unpaired) electrons. The van der Waals surface area contributed by atoms with Crippen LogP contribution >= 0.6 is 12.4 Å². The van der Waals surface area contributed by atoms with E-state index in [0.717, 1.165) is 5.56 Å². The summed E-state index contributed by atoms with van der Waals surface area (Å²) >= 11 is 0. The standard InChI is InChI=1S/C26H31N7O6.ClH.H2O/c1-37-20-12-18-19(13-21(20)38-2)30-25(31-24(18)27)33-10-8-32(9-11-33)23(35)15-28-22(34)14-29-26(36)39-16-17-6-4-3-5-7-17;;/h3-7,12-13H,8-11,14-16H2,1-2H3,(H,28,34)(H,29,36)(H2,27,30,31);1H;1H2. The lowest BCUT2D eigenvalue weighted by atomic mass is 10.2. The van der Waals surface area contributed by atoms with Gasteiger partial charge in [0, 0.05) is 37.6 Å². The van der Waals surface area contributed by atoms with Crippen molar-refractivity contribution < 1.29 is 34.1 Å². The van der Waals surface area contributed by atoms with Crippen LogP contribution in [0, 0.1) is 0 Å². The zero-order valence-electron chi connectivity index (χ0n) is 22.7. The maximum Gasteiger partial charge on any atom is 0.407 e. The molecule has 6 N–H and O–H groups in total. The number of fused-ring (bicyclic) bond motifs is 1. The van der Waals surface area contributed by atoms with Crippen LogP contribution in [0.5, 0.6) is 11.5 Å². The van der Waals surface area contributed by atoms with Gasteiger partial charge in [0.1, 0.15) is 19.0 Å². The molecule has 2 heterocycles. The summed E-state index contributed by atoms with van der Waals surface area (Å²) in [7, 11) is 3.09. The van der Waals surface area contributed by atoms with E-state index in [1.807, 2.05) is 35.2 Å². The summed E-state index contributed by atoms with van der Waals surface area (Å²) in [6.07, 6.45) is -0.717. The molecular formula is C26H34ClN7O7. The number of carbonyl (C=O) groups excluding carboxylic acids is 3. The molecule has 3 aromatic rings. The normalized spacial score (nSPS) is 12.4. The van der Waals surface area contributed by atoms with Crippen molar-refractivity contribution in [1.29, 1.82) is 0 Å². The molecule has 3 amide bonds. The number of rotatable bonds is 9. The number of methoxy groups -OCH3 is 2. The van der Waals surface area contributed by atoms with Crippen LogP contribution in [0.2, 0.25) is 0 Å². The van der Waals surface area contributed by atoms with Gasteiger partial charge in [0.05, 0.1) is 26.3 Å². The molecule has 0 aliphatic carbocycles. The van der Waals surface area contributed by atoms with Gasteiger partial charge < -0.3 is 45.9 Å². The number of ether oxygens (including phenoxy) is 3. The van der Waals surface area contributed by atoms with Crippen LogP contribution in [-0.4, -0.2) is 91.7 Å². The Morgan fingerprint density at radius 2 is 1.59 bits per heavy atom. The molecular weight excluding hydrogens is 558 g/mol. The van der Waals surface area contributed by atoms with Crippen LogP contribution in [-0.2, 0) is 20.9 Å². The van der Waals surface area contributed by atoms with E-state index in [9.17, 15) is 14.4 Å². The number of halogens is 1. The van der Waals surface area contributed by atoms with E-state index in [0.29, 0.717) is 60.3 Å². The van der Waals surface area contributed by atoms with Gasteiger partial charge in [-0.25, -0.2) is 9.78 Å². The lowest BCUT2D eigenvalue weighted by Gasteiger charge is -2.35. The number of nitrogens with zero attached hydrogens (tertiary/aromatic N) is 4. The van der Waals surface area contributed by atoms with Crippen LogP contribution < -0.4 is 30.7 Å². The fourth-order valence-electron chi connectivity index (χ4n) is 4.04. The highest BCUT2D eigenvalue weighted by atomic mass is 35.5. The van der Waals surface area contributed by atoms with Crippen LogP contribution in [0.25, 0.3) is 10.9 Å². The van der Waals surface area contributed by atoms with Crippen molar-refractivity contribution >= 4 is 53.0 Å². The van der Waals surface area contributed by atoms with Crippen molar-refractivity contribution in [2.45, 2.75) is 6.61 Å². The quantitative estimate of drug-likeness (QED) is 0.316. The average Bonchev–Trinajstić information content (AvgIpc) is 2.97. The number of anilines is 2. The molecule has 0 spiro atoms. The number of piperazine rings is 1. The van der Waals surface area contributed by atoms with E-state index in [4.69, 9.17) is 19.9 Å². The first-order valence-corrected chi connectivity index (χ1v) is 12.3. The number of nitrogens with one attached hydrogen (secondary N) is 2. The SMILES string of the molecule is COc1cc2nc(N3CCN(C(=O)CNC(=O)CNC(=O)OCc4ccccc4)CC3)nc(N)c2cc1OC.Cl.O. The number of carbonyl (C=O) groups is 3. The lowest BCUT2D eigenvalue weighted by Crippen LogP contribution is -2.52. The topological polar surface area (TPSA) is 193 Å². The lowest BCUT2D eigenvalue weighted by molar-refractivity contribution is -0.132. The van der Waals surface area contributed by atoms with Gasteiger partial charge in [0.2, 0.25) is 17.8 Å². The monoisotopic (exact) mass is 591 g/mol. The Hall–Kier alpha value is -4.56. The van der Waals surface area contributed by atoms with Crippen molar-refractivity contribution in [2.24, 2.45) is 0 Å². The Bertz CT molecular complexity index is 1340. The van der Waals surface area contributed by atoms with Gasteiger partial charge in [-0.15, -0.1) is 12.4 Å². The van der Waals surface area contributed by atoms with Crippen molar-refractivity contribution in [1.82, 2.24) is 25.5 Å². The summed E-state index contributed by atoms with van der Waals surface area (Å²) in [4.78, 5) is 49.1. The summed E-state index contributed by atoms with van der Waals surface area (Å²) in [5.41, 5.74) is 7.65. The molecule has 0 atom stereocenters. The summed E-state index contributed by atoms with van der Waals surface area (Å²) < 4.78 is 15.8. The van der Waals surface area contributed by atoms with E-state index < -0.39 is 12.0 Å². The number of hydrogen-bond donors (Lipinski definition) is 3. The predicted molar refractivity (Wildman–Crippen MR) is 154 cm³/mol. The zero-order chi connectivity index (χ0) is 27.8. The third-order valence-electron chi connectivity index (χ3n) is 6.18. The van der Waals surface area contributed by atoms with Crippen molar-refractivity contribution in [2.75, 3.05) is 64.1 Å². The molecule has 1 aliphatic heterocycles.